The third-order valence-electron chi connectivity index (χ3n) is 3.91. The molecule has 0 radical (unpaired) electrons. The maximum atomic E-state index is 11.9. The lowest BCUT2D eigenvalue weighted by atomic mass is 10.1. The van der Waals surface area contributed by atoms with E-state index in [0.717, 1.165) is 23.3 Å². The van der Waals surface area contributed by atoms with Crippen molar-refractivity contribution < 1.29 is 4.79 Å². The summed E-state index contributed by atoms with van der Waals surface area (Å²) in [4.78, 5) is 16.7. The van der Waals surface area contributed by atoms with Gasteiger partial charge in [-0.3, -0.25) is 4.79 Å². The Balaban J connectivity index is 1.82. The van der Waals surface area contributed by atoms with E-state index in [1.807, 2.05) is 47.0 Å². The van der Waals surface area contributed by atoms with E-state index in [0.29, 0.717) is 0 Å². The van der Waals surface area contributed by atoms with E-state index in [9.17, 15) is 4.79 Å². The molecule has 0 spiro atoms. The summed E-state index contributed by atoms with van der Waals surface area (Å²) in [7, 11) is 0. The van der Waals surface area contributed by atoms with Gasteiger partial charge in [-0.1, -0.05) is 42.5 Å². The van der Waals surface area contributed by atoms with Gasteiger partial charge in [-0.15, -0.1) is 0 Å². The van der Waals surface area contributed by atoms with E-state index in [2.05, 4.69) is 17.4 Å². The molecule has 1 atom stereocenters. The standard InChI is InChI=1S/C18H15N3O/c22-17-10-11-21-16-9-5-4-8-14(16)20-18(21)15(19-17)12-13-6-2-1-3-7-13/h1-11,15H,12H2,(H,19,22)/t15-/m0/s1. The van der Waals surface area contributed by atoms with Crippen LogP contribution in [0.25, 0.3) is 17.2 Å². The second kappa shape index (κ2) is 5.15. The summed E-state index contributed by atoms with van der Waals surface area (Å²) in [6, 6.07) is 18.0. The molecule has 0 fully saturated rings. The number of carbonyl (C=O) groups is 1. The molecule has 0 saturated carbocycles. The number of benzene rings is 2. The Morgan fingerprint density at radius 1 is 1.05 bits per heavy atom. The van der Waals surface area contributed by atoms with E-state index >= 15 is 0 Å². The van der Waals surface area contributed by atoms with Crippen LogP contribution in [-0.4, -0.2) is 15.5 Å². The zero-order chi connectivity index (χ0) is 14.9. The number of para-hydroxylation sites is 2. The van der Waals surface area contributed by atoms with Crippen LogP contribution >= 0.6 is 0 Å². The fourth-order valence-electron chi connectivity index (χ4n) is 2.88. The molecule has 1 aromatic heterocycles. The van der Waals surface area contributed by atoms with E-state index in [1.54, 1.807) is 12.3 Å². The molecule has 4 heteroatoms. The third-order valence-corrected chi connectivity index (χ3v) is 3.91. The van der Waals surface area contributed by atoms with Gasteiger partial charge in [0, 0.05) is 12.3 Å². The molecule has 108 valence electrons. The van der Waals surface area contributed by atoms with Crippen molar-refractivity contribution in [3.8, 4) is 0 Å². The van der Waals surface area contributed by atoms with Crippen molar-refractivity contribution in [3.05, 3.63) is 72.1 Å². The Kier molecular flexibility index (Phi) is 3.00. The molecule has 0 saturated heterocycles. The van der Waals surface area contributed by atoms with Gasteiger partial charge in [-0.2, -0.15) is 0 Å². The van der Waals surface area contributed by atoms with Gasteiger partial charge < -0.3 is 9.88 Å². The van der Waals surface area contributed by atoms with Crippen LogP contribution in [0.4, 0.5) is 0 Å². The van der Waals surface area contributed by atoms with Gasteiger partial charge in [0.1, 0.15) is 5.82 Å². The maximum absolute atomic E-state index is 11.9. The molecule has 3 aromatic rings. The average molecular weight is 289 g/mol. The number of rotatable bonds is 2. The van der Waals surface area contributed by atoms with Gasteiger partial charge in [0.2, 0.25) is 5.91 Å². The molecule has 4 nitrogen and oxygen atoms in total. The monoisotopic (exact) mass is 289 g/mol. The average Bonchev–Trinajstić information content (AvgIpc) is 2.84. The fraction of sp³-hybridized carbons (Fsp3) is 0.111. The lowest BCUT2D eigenvalue weighted by Crippen LogP contribution is -2.28. The predicted molar refractivity (Wildman–Crippen MR) is 86.1 cm³/mol. The van der Waals surface area contributed by atoms with Crippen LogP contribution in [0, 0.1) is 0 Å². The van der Waals surface area contributed by atoms with Crippen molar-refractivity contribution in [1.29, 1.82) is 0 Å². The minimum Gasteiger partial charge on any atom is -0.342 e. The van der Waals surface area contributed by atoms with E-state index in [4.69, 9.17) is 4.98 Å². The predicted octanol–water partition coefficient (Wildman–Crippen LogP) is 2.92. The topological polar surface area (TPSA) is 46.9 Å². The molecule has 1 aliphatic heterocycles. The molecule has 0 bridgehead atoms. The molecule has 1 amide bonds. The van der Waals surface area contributed by atoms with Crippen molar-refractivity contribution in [2.24, 2.45) is 0 Å². The molecule has 0 unspecified atom stereocenters. The SMILES string of the molecule is O=C1C=Cn2c(nc3ccccc32)[C@H](Cc2ccccc2)N1. The smallest absolute Gasteiger partial charge is 0.246 e. The quantitative estimate of drug-likeness (QED) is 0.788. The van der Waals surface area contributed by atoms with Crippen LogP contribution in [0.5, 0.6) is 0 Å². The normalized spacial score (nSPS) is 17.1. The molecule has 1 N–H and O–H groups in total. The highest BCUT2D eigenvalue weighted by Gasteiger charge is 2.23. The number of amides is 1. The Hall–Kier alpha value is -2.88. The summed E-state index contributed by atoms with van der Waals surface area (Å²) in [5.41, 5.74) is 3.13. The molecule has 1 aliphatic rings. The highest BCUT2D eigenvalue weighted by atomic mass is 16.1. The lowest BCUT2D eigenvalue weighted by Gasteiger charge is -2.16. The maximum Gasteiger partial charge on any atom is 0.246 e. The minimum absolute atomic E-state index is 0.0875. The number of nitrogens with one attached hydrogen (secondary N) is 1. The van der Waals surface area contributed by atoms with Gasteiger partial charge in [-0.05, 0) is 24.1 Å². The summed E-state index contributed by atoms with van der Waals surface area (Å²) in [6.07, 6.45) is 4.07. The fourth-order valence-corrected chi connectivity index (χ4v) is 2.88. The number of fused-ring (bicyclic) bond motifs is 3. The first-order valence-electron chi connectivity index (χ1n) is 7.31. The largest absolute Gasteiger partial charge is 0.342 e. The first-order valence-corrected chi connectivity index (χ1v) is 7.31. The second-order valence-electron chi connectivity index (χ2n) is 5.40. The molecule has 22 heavy (non-hydrogen) atoms. The van der Waals surface area contributed by atoms with Crippen LogP contribution in [0.15, 0.2) is 60.7 Å². The molecular formula is C18H15N3O. The van der Waals surface area contributed by atoms with Gasteiger partial charge in [0.25, 0.3) is 0 Å². The van der Waals surface area contributed by atoms with E-state index in [-0.39, 0.29) is 11.9 Å². The molecular weight excluding hydrogens is 274 g/mol. The van der Waals surface area contributed by atoms with Crippen LogP contribution in [0.2, 0.25) is 0 Å². The van der Waals surface area contributed by atoms with Gasteiger partial charge in [0.15, 0.2) is 0 Å². The summed E-state index contributed by atoms with van der Waals surface area (Å²) >= 11 is 0. The summed E-state index contributed by atoms with van der Waals surface area (Å²) in [6.45, 7) is 0. The van der Waals surface area contributed by atoms with Crippen LogP contribution in [-0.2, 0) is 11.2 Å². The summed E-state index contributed by atoms with van der Waals surface area (Å²) in [5, 5.41) is 3.04. The van der Waals surface area contributed by atoms with E-state index < -0.39 is 0 Å². The first-order chi connectivity index (χ1) is 10.8. The van der Waals surface area contributed by atoms with E-state index in [1.165, 1.54) is 5.56 Å². The molecule has 2 aromatic carbocycles. The van der Waals surface area contributed by atoms with Crippen LogP contribution in [0.3, 0.4) is 0 Å². The van der Waals surface area contributed by atoms with Crippen molar-refractivity contribution in [3.63, 3.8) is 0 Å². The van der Waals surface area contributed by atoms with Crippen molar-refractivity contribution in [1.82, 2.24) is 14.9 Å². The van der Waals surface area contributed by atoms with Gasteiger partial charge in [-0.25, -0.2) is 4.98 Å². The van der Waals surface area contributed by atoms with Crippen molar-refractivity contribution in [2.45, 2.75) is 12.5 Å². The number of hydrogen-bond donors (Lipinski definition) is 1. The van der Waals surface area contributed by atoms with Crippen LogP contribution in [0.1, 0.15) is 17.4 Å². The number of hydrogen-bond acceptors (Lipinski definition) is 2. The van der Waals surface area contributed by atoms with Crippen LogP contribution < -0.4 is 5.32 Å². The van der Waals surface area contributed by atoms with Crippen molar-refractivity contribution >= 4 is 23.1 Å². The summed E-state index contributed by atoms with van der Waals surface area (Å²) < 4.78 is 2.00. The zero-order valence-electron chi connectivity index (χ0n) is 11.9. The van der Waals surface area contributed by atoms with Gasteiger partial charge >= 0.3 is 0 Å². The van der Waals surface area contributed by atoms with Gasteiger partial charge in [0.05, 0.1) is 17.1 Å². The highest BCUT2D eigenvalue weighted by Crippen LogP contribution is 2.25. The lowest BCUT2D eigenvalue weighted by molar-refractivity contribution is -0.117. The number of aromatic nitrogens is 2. The molecule has 0 aliphatic carbocycles. The minimum atomic E-state index is -0.141. The Morgan fingerprint density at radius 3 is 2.68 bits per heavy atom. The summed E-state index contributed by atoms with van der Waals surface area (Å²) in [5.74, 6) is 0.780. The number of carbonyl (C=O) groups excluding carboxylic acids is 1. The Bertz CT molecular complexity index is 864. The zero-order valence-corrected chi connectivity index (χ0v) is 11.9. The Labute approximate surface area is 128 Å². The highest BCUT2D eigenvalue weighted by molar-refractivity contribution is 5.92. The second-order valence-corrected chi connectivity index (χ2v) is 5.40. The number of nitrogens with zero attached hydrogens (tertiary/aromatic N) is 2. The molecule has 2 heterocycles. The van der Waals surface area contributed by atoms with Crippen molar-refractivity contribution in [2.75, 3.05) is 0 Å². The third kappa shape index (κ3) is 2.19. The molecule has 4 rings (SSSR count). The number of imidazole rings is 1. The Morgan fingerprint density at radius 2 is 1.82 bits per heavy atom. The first kappa shape index (κ1) is 12.8.